The SMILES string of the molecule is COc1cccc(C(=O)Nc2cc(F)c3c(c2O)C(O)=C2C(=O)[C@]4(O)C(O)=C(C(N)=O)C(=O)C[C@@H]4CC2C3)c1. The number of Topliss-reactive ketones (excluding diaryl/α,β-unsaturated/α-hetero) is 2. The number of benzene rings is 2. The molecule has 5 rings (SSSR count). The van der Waals surface area contributed by atoms with Crippen LogP contribution in [-0.2, 0) is 20.8 Å². The first kappa shape index (κ1) is 25.9. The Kier molecular flexibility index (Phi) is 5.95. The third kappa shape index (κ3) is 3.75. The van der Waals surface area contributed by atoms with Gasteiger partial charge in [0, 0.05) is 35.1 Å². The minimum absolute atomic E-state index is 0.128. The molecule has 0 saturated heterocycles. The molecule has 3 aliphatic carbocycles. The lowest BCUT2D eigenvalue weighted by molar-refractivity contribution is -0.147. The van der Waals surface area contributed by atoms with Crippen molar-refractivity contribution in [2.75, 3.05) is 12.4 Å². The van der Waals surface area contributed by atoms with Crippen LogP contribution >= 0.6 is 0 Å². The topological polar surface area (TPSA) is 196 Å². The van der Waals surface area contributed by atoms with Gasteiger partial charge in [0.05, 0.1) is 18.4 Å². The number of carbonyl (C=O) groups is 4. The Morgan fingerprint density at radius 1 is 1.15 bits per heavy atom. The van der Waals surface area contributed by atoms with Crippen molar-refractivity contribution in [1.82, 2.24) is 0 Å². The van der Waals surface area contributed by atoms with Crippen LogP contribution in [-0.4, -0.2) is 56.5 Å². The Morgan fingerprint density at radius 3 is 2.54 bits per heavy atom. The first-order chi connectivity index (χ1) is 18.4. The molecule has 12 heteroatoms. The van der Waals surface area contributed by atoms with E-state index in [1.807, 2.05) is 0 Å². The number of rotatable bonds is 4. The number of methoxy groups -OCH3 is 1. The van der Waals surface area contributed by atoms with Crippen LogP contribution in [0.15, 0.2) is 47.2 Å². The Bertz CT molecular complexity index is 1560. The van der Waals surface area contributed by atoms with E-state index in [1.54, 1.807) is 12.1 Å². The van der Waals surface area contributed by atoms with E-state index < -0.39 is 92.7 Å². The van der Waals surface area contributed by atoms with Crippen LogP contribution in [0.2, 0.25) is 0 Å². The number of hydrogen-bond donors (Lipinski definition) is 6. The molecule has 1 unspecified atom stereocenters. The summed E-state index contributed by atoms with van der Waals surface area (Å²) in [6, 6.07) is 6.91. The number of nitrogens with two attached hydrogens (primary N) is 1. The highest BCUT2D eigenvalue weighted by molar-refractivity contribution is 6.22. The highest BCUT2D eigenvalue weighted by atomic mass is 19.1. The van der Waals surface area contributed by atoms with Gasteiger partial charge in [-0.05, 0) is 37.0 Å². The molecule has 1 fully saturated rings. The van der Waals surface area contributed by atoms with E-state index >= 15 is 4.39 Å². The Morgan fingerprint density at radius 2 is 1.87 bits per heavy atom. The number of halogens is 1. The normalized spacial score (nSPS) is 24.1. The fraction of sp³-hybridized carbons (Fsp3) is 0.259. The number of fused-ring (bicyclic) bond motifs is 3. The van der Waals surface area contributed by atoms with Gasteiger partial charge in [-0.3, -0.25) is 19.2 Å². The van der Waals surface area contributed by atoms with Gasteiger partial charge in [0.15, 0.2) is 17.1 Å². The van der Waals surface area contributed by atoms with Crippen molar-refractivity contribution in [2.45, 2.75) is 24.9 Å². The minimum atomic E-state index is -2.73. The number of ether oxygens (including phenoxy) is 1. The summed E-state index contributed by atoms with van der Waals surface area (Å²) in [5, 5.41) is 46.3. The summed E-state index contributed by atoms with van der Waals surface area (Å²) in [7, 11) is 1.41. The van der Waals surface area contributed by atoms with Gasteiger partial charge in [-0.1, -0.05) is 6.07 Å². The van der Waals surface area contributed by atoms with E-state index in [-0.39, 0.29) is 24.0 Å². The van der Waals surface area contributed by atoms with E-state index in [0.29, 0.717) is 5.75 Å². The van der Waals surface area contributed by atoms with Crippen molar-refractivity contribution in [3.05, 3.63) is 69.7 Å². The molecule has 3 aliphatic rings. The number of phenolic OH excluding ortho intramolecular Hbond substituents is 1. The summed E-state index contributed by atoms with van der Waals surface area (Å²) >= 11 is 0. The third-order valence-corrected chi connectivity index (χ3v) is 7.59. The van der Waals surface area contributed by atoms with Gasteiger partial charge >= 0.3 is 0 Å². The maximum Gasteiger partial charge on any atom is 0.255 e. The van der Waals surface area contributed by atoms with Crippen LogP contribution in [0.5, 0.6) is 11.5 Å². The highest BCUT2D eigenvalue weighted by Gasteiger charge is 2.60. The predicted molar refractivity (Wildman–Crippen MR) is 132 cm³/mol. The number of anilines is 1. The van der Waals surface area contributed by atoms with Crippen molar-refractivity contribution in [3.63, 3.8) is 0 Å². The molecular weight excluding hydrogens is 515 g/mol. The molecule has 0 bridgehead atoms. The number of primary amides is 1. The maximum absolute atomic E-state index is 15.3. The Hall–Kier alpha value is -4.71. The molecule has 0 aromatic heterocycles. The van der Waals surface area contributed by atoms with Crippen molar-refractivity contribution in [1.29, 1.82) is 0 Å². The van der Waals surface area contributed by atoms with Crippen molar-refractivity contribution >= 4 is 34.8 Å². The van der Waals surface area contributed by atoms with Crippen LogP contribution in [0.25, 0.3) is 5.76 Å². The van der Waals surface area contributed by atoms with Crippen LogP contribution < -0.4 is 15.8 Å². The average molecular weight is 538 g/mol. The van der Waals surface area contributed by atoms with E-state index in [0.717, 1.165) is 6.07 Å². The zero-order valence-electron chi connectivity index (χ0n) is 20.4. The molecule has 0 aliphatic heterocycles. The van der Waals surface area contributed by atoms with Gasteiger partial charge in [-0.15, -0.1) is 0 Å². The maximum atomic E-state index is 15.3. The second-order valence-corrected chi connectivity index (χ2v) is 9.70. The number of hydrogen-bond acceptors (Lipinski definition) is 9. The summed E-state index contributed by atoms with van der Waals surface area (Å²) in [5.41, 5.74) is 0.228. The summed E-state index contributed by atoms with van der Waals surface area (Å²) in [6.07, 6.45) is -0.805. The summed E-state index contributed by atoms with van der Waals surface area (Å²) in [6.45, 7) is 0. The predicted octanol–water partition coefficient (Wildman–Crippen LogP) is 1.82. The lowest BCUT2D eigenvalue weighted by atomic mass is 9.59. The number of aromatic hydroxyl groups is 1. The third-order valence-electron chi connectivity index (χ3n) is 7.59. The number of aliphatic hydroxyl groups excluding tert-OH is 2. The van der Waals surface area contributed by atoms with E-state index in [4.69, 9.17) is 10.5 Å². The number of nitrogens with one attached hydrogen (secondary N) is 1. The fourth-order valence-corrected chi connectivity index (χ4v) is 5.70. The number of phenols is 1. The summed E-state index contributed by atoms with van der Waals surface area (Å²) < 4.78 is 20.4. The molecular formula is C27H23FN2O9. The molecule has 2 aromatic rings. The fourth-order valence-electron chi connectivity index (χ4n) is 5.70. The molecule has 7 N–H and O–H groups in total. The number of aliphatic hydroxyl groups is 3. The van der Waals surface area contributed by atoms with Crippen LogP contribution in [0.3, 0.4) is 0 Å². The van der Waals surface area contributed by atoms with Crippen LogP contribution in [0.1, 0.15) is 34.3 Å². The van der Waals surface area contributed by atoms with Crippen molar-refractivity contribution in [2.24, 2.45) is 17.6 Å². The molecule has 0 heterocycles. The lowest BCUT2D eigenvalue weighted by Crippen LogP contribution is -2.58. The largest absolute Gasteiger partial charge is 0.508 e. The number of amides is 2. The zero-order valence-corrected chi connectivity index (χ0v) is 20.4. The van der Waals surface area contributed by atoms with Gasteiger partial charge < -0.3 is 36.2 Å². The van der Waals surface area contributed by atoms with Gasteiger partial charge in [0.2, 0.25) is 5.78 Å². The van der Waals surface area contributed by atoms with E-state index in [9.17, 15) is 39.6 Å². The first-order valence-corrected chi connectivity index (χ1v) is 11.9. The lowest BCUT2D eigenvalue weighted by Gasteiger charge is -2.46. The quantitative estimate of drug-likeness (QED) is 0.248. The molecule has 2 aromatic carbocycles. The monoisotopic (exact) mass is 538 g/mol. The zero-order chi connectivity index (χ0) is 28.4. The molecule has 202 valence electrons. The van der Waals surface area contributed by atoms with E-state index in [2.05, 4.69) is 5.32 Å². The van der Waals surface area contributed by atoms with Crippen molar-refractivity contribution in [3.8, 4) is 11.5 Å². The summed E-state index contributed by atoms with van der Waals surface area (Å²) in [5.74, 6) is -9.47. The summed E-state index contributed by atoms with van der Waals surface area (Å²) in [4.78, 5) is 50.4. The highest BCUT2D eigenvalue weighted by Crippen LogP contribution is 2.53. The number of carbonyl (C=O) groups excluding carboxylic acids is 4. The van der Waals surface area contributed by atoms with Gasteiger partial charge in [-0.2, -0.15) is 0 Å². The average Bonchev–Trinajstić information content (AvgIpc) is 2.88. The molecule has 2 amide bonds. The Labute approximate surface area is 220 Å². The molecule has 0 radical (unpaired) electrons. The minimum Gasteiger partial charge on any atom is -0.508 e. The van der Waals surface area contributed by atoms with Gasteiger partial charge in [0.25, 0.3) is 11.8 Å². The molecule has 3 atom stereocenters. The van der Waals surface area contributed by atoms with Crippen LogP contribution in [0.4, 0.5) is 10.1 Å². The van der Waals surface area contributed by atoms with Gasteiger partial charge in [0.1, 0.15) is 28.7 Å². The second-order valence-electron chi connectivity index (χ2n) is 9.70. The second kappa shape index (κ2) is 8.95. The first-order valence-electron chi connectivity index (χ1n) is 11.9. The van der Waals surface area contributed by atoms with E-state index in [1.165, 1.54) is 19.2 Å². The molecule has 39 heavy (non-hydrogen) atoms. The van der Waals surface area contributed by atoms with Gasteiger partial charge in [-0.25, -0.2) is 4.39 Å². The molecule has 1 saturated carbocycles. The smallest absolute Gasteiger partial charge is 0.255 e. The van der Waals surface area contributed by atoms with Crippen LogP contribution in [0, 0.1) is 17.7 Å². The Balaban J connectivity index is 1.59. The van der Waals surface area contributed by atoms with Crippen molar-refractivity contribution < 1.29 is 48.7 Å². The molecule has 0 spiro atoms. The number of ketones is 2. The molecule has 11 nitrogen and oxygen atoms in total. The standard InChI is InChI=1S/C27H23FN2O9/c1-39-13-4-2-3-10(6-13)26(37)30-16-9-15(28)14-7-11-5-12-8-17(31)20(25(29)36)24(35)27(12,38)23(34)18(11)22(33)19(14)21(16)32/h2-4,6,9,11-12,32-33,35,38H,5,7-8H2,1H3,(H2,29,36)(H,30,37)/t11?,12-,27-/m0/s1.